The van der Waals surface area contributed by atoms with Gasteiger partial charge < -0.3 is 24.8 Å². The summed E-state index contributed by atoms with van der Waals surface area (Å²) in [4.78, 5) is 43.5. The normalized spacial score (nSPS) is 15.8. The van der Waals surface area contributed by atoms with Gasteiger partial charge in [-0.2, -0.15) is 0 Å². The van der Waals surface area contributed by atoms with Crippen molar-refractivity contribution in [3.63, 3.8) is 0 Å². The number of nitrogens with one attached hydrogen (secondary N) is 1. The highest BCUT2D eigenvalue weighted by Crippen LogP contribution is 2.33. The van der Waals surface area contributed by atoms with Crippen LogP contribution in [0.3, 0.4) is 0 Å². The zero-order valence-corrected chi connectivity index (χ0v) is 24.5. The number of amides is 2. The summed E-state index contributed by atoms with van der Waals surface area (Å²) < 4.78 is 5.34. The van der Waals surface area contributed by atoms with Crippen molar-refractivity contribution in [2.75, 3.05) is 61.5 Å². The van der Waals surface area contributed by atoms with E-state index in [1.165, 1.54) is 13.2 Å². The summed E-state index contributed by atoms with van der Waals surface area (Å²) in [5.74, 6) is 0.570. The maximum absolute atomic E-state index is 13.1. The van der Waals surface area contributed by atoms with Gasteiger partial charge in [-0.25, -0.2) is 0 Å². The van der Waals surface area contributed by atoms with Gasteiger partial charge in [0, 0.05) is 67.3 Å². The molecule has 3 aromatic rings. The fourth-order valence-electron chi connectivity index (χ4n) is 5.47. The summed E-state index contributed by atoms with van der Waals surface area (Å²) in [5, 5.41) is 15.2. The minimum absolute atomic E-state index is 0.0565. The first-order chi connectivity index (χ1) is 20.2. The zero-order chi connectivity index (χ0) is 29.8. The Hall–Kier alpha value is -4.31. The van der Waals surface area contributed by atoms with Gasteiger partial charge in [0.05, 0.1) is 17.6 Å². The van der Waals surface area contributed by atoms with E-state index in [2.05, 4.69) is 17.1 Å². The first-order valence-corrected chi connectivity index (χ1v) is 14.4. The maximum Gasteiger partial charge on any atom is 0.293 e. The van der Waals surface area contributed by atoms with Crippen LogP contribution in [-0.4, -0.2) is 68.0 Å². The number of methoxy groups -OCH3 is 1. The average Bonchev–Trinajstić information content (AvgIpc) is 3.01. The Labute approximate surface area is 250 Å². The maximum atomic E-state index is 13.1. The SMILES string of the molecule is COc1ccc(Cl)cc1C(=O)N1CCN(c2ccc(NC(=O)c3ccc(N4CCC(C)CC4)c([N+](=O)[O-])c3)cc2)CC1. The number of halogens is 1. The molecule has 10 nitrogen and oxygen atoms in total. The molecule has 2 aliphatic heterocycles. The number of ether oxygens (including phenoxy) is 1. The average molecular weight is 592 g/mol. The predicted octanol–water partition coefficient (Wildman–Crippen LogP) is 5.71. The van der Waals surface area contributed by atoms with E-state index in [4.69, 9.17) is 16.3 Å². The summed E-state index contributed by atoms with van der Waals surface area (Å²) in [6.45, 7) is 6.09. The number of rotatable bonds is 7. The molecule has 220 valence electrons. The number of anilines is 3. The second-order valence-electron chi connectivity index (χ2n) is 10.8. The van der Waals surface area contributed by atoms with E-state index in [0.717, 1.165) is 31.6 Å². The summed E-state index contributed by atoms with van der Waals surface area (Å²) in [6.07, 6.45) is 1.98. The standard InChI is InChI=1S/C31H34ClN5O5/c1-21-11-13-35(14-12-21)27-9-3-22(19-28(27)37(40)41)30(38)33-24-5-7-25(8-6-24)34-15-17-36(18-16-34)31(39)26-20-23(32)4-10-29(26)42-2/h3-10,19-21H,11-18H2,1-2H3,(H,33,38). The van der Waals surface area contributed by atoms with Gasteiger partial charge in [0.25, 0.3) is 17.5 Å². The third-order valence-corrected chi connectivity index (χ3v) is 8.24. The van der Waals surface area contributed by atoms with Gasteiger partial charge in [-0.3, -0.25) is 19.7 Å². The number of nitro benzene ring substituents is 1. The Kier molecular flexibility index (Phi) is 8.82. The lowest BCUT2D eigenvalue weighted by atomic mass is 9.98. The Morgan fingerprint density at radius 2 is 1.62 bits per heavy atom. The molecule has 0 bridgehead atoms. The lowest BCUT2D eigenvalue weighted by molar-refractivity contribution is -0.384. The second-order valence-corrected chi connectivity index (χ2v) is 11.2. The van der Waals surface area contributed by atoms with Gasteiger partial charge >= 0.3 is 0 Å². The molecule has 2 aliphatic rings. The third-order valence-electron chi connectivity index (χ3n) is 8.01. The van der Waals surface area contributed by atoms with E-state index in [9.17, 15) is 19.7 Å². The molecule has 0 unspecified atom stereocenters. The van der Waals surface area contributed by atoms with Crippen LogP contribution in [0.25, 0.3) is 0 Å². The summed E-state index contributed by atoms with van der Waals surface area (Å²) in [5.41, 5.74) is 2.73. The number of nitrogens with zero attached hydrogens (tertiary/aromatic N) is 4. The van der Waals surface area contributed by atoms with Gasteiger partial charge in [-0.05, 0) is 73.4 Å². The molecule has 11 heteroatoms. The van der Waals surface area contributed by atoms with Gasteiger partial charge in [-0.15, -0.1) is 0 Å². The third kappa shape index (κ3) is 6.44. The highest BCUT2D eigenvalue weighted by molar-refractivity contribution is 6.31. The van der Waals surface area contributed by atoms with Crippen molar-refractivity contribution in [1.82, 2.24) is 4.90 Å². The molecule has 0 aliphatic carbocycles. The summed E-state index contributed by atoms with van der Waals surface area (Å²) in [6, 6.07) is 17.1. The minimum Gasteiger partial charge on any atom is -0.496 e. The van der Waals surface area contributed by atoms with Crippen LogP contribution in [0.15, 0.2) is 60.7 Å². The van der Waals surface area contributed by atoms with E-state index < -0.39 is 10.8 Å². The highest BCUT2D eigenvalue weighted by Gasteiger charge is 2.26. The van der Waals surface area contributed by atoms with E-state index in [0.29, 0.717) is 59.8 Å². The zero-order valence-electron chi connectivity index (χ0n) is 23.7. The molecular weight excluding hydrogens is 558 g/mol. The number of piperidine rings is 1. The predicted molar refractivity (Wildman–Crippen MR) is 164 cm³/mol. The van der Waals surface area contributed by atoms with Gasteiger partial charge in [0.2, 0.25) is 0 Å². The van der Waals surface area contributed by atoms with Crippen LogP contribution in [-0.2, 0) is 0 Å². The molecule has 0 atom stereocenters. The molecule has 2 amide bonds. The Balaban J connectivity index is 1.19. The largest absolute Gasteiger partial charge is 0.496 e. The van der Waals surface area contributed by atoms with E-state index in [1.807, 2.05) is 17.0 Å². The number of carbonyl (C=O) groups excluding carboxylic acids is 2. The fraction of sp³-hybridized carbons (Fsp3) is 0.355. The second kappa shape index (κ2) is 12.7. The fourth-order valence-corrected chi connectivity index (χ4v) is 5.64. The summed E-state index contributed by atoms with van der Waals surface area (Å²) >= 11 is 6.11. The molecular formula is C31H34ClN5O5. The monoisotopic (exact) mass is 591 g/mol. The van der Waals surface area contributed by atoms with Gasteiger partial charge in [0.1, 0.15) is 11.4 Å². The first-order valence-electron chi connectivity index (χ1n) is 14.1. The molecule has 0 radical (unpaired) electrons. The number of carbonyl (C=O) groups is 2. The quantitative estimate of drug-likeness (QED) is 0.277. The van der Waals surface area contributed by atoms with Crippen LogP contribution >= 0.6 is 11.6 Å². The van der Waals surface area contributed by atoms with E-state index in [1.54, 1.807) is 47.4 Å². The number of nitro groups is 1. The molecule has 1 N–H and O–H groups in total. The van der Waals surface area contributed by atoms with Crippen molar-refractivity contribution >= 4 is 46.2 Å². The van der Waals surface area contributed by atoms with Gasteiger partial charge in [0.15, 0.2) is 0 Å². The highest BCUT2D eigenvalue weighted by atomic mass is 35.5. The van der Waals surface area contributed by atoms with Gasteiger partial charge in [-0.1, -0.05) is 18.5 Å². The van der Waals surface area contributed by atoms with Crippen LogP contribution in [0, 0.1) is 16.0 Å². The smallest absolute Gasteiger partial charge is 0.293 e. The van der Waals surface area contributed by atoms with E-state index >= 15 is 0 Å². The first kappa shape index (κ1) is 29.2. The van der Waals surface area contributed by atoms with Crippen LogP contribution in [0.4, 0.5) is 22.7 Å². The van der Waals surface area contributed by atoms with Crippen molar-refractivity contribution in [3.8, 4) is 5.75 Å². The molecule has 2 saturated heterocycles. The number of hydrogen-bond acceptors (Lipinski definition) is 7. The van der Waals surface area contributed by atoms with Crippen molar-refractivity contribution in [2.24, 2.45) is 5.92 Å². The molecule has 3 aromatic carbocycles. The van der Waals surface area contributed by atoms with Crippen LogP contribution in [0.2, 0.25) is 5.02 Å². The van der Waals surface area contributed by atoms with Crippen molar-refractivity contribution < 1.29 is 19.2 Å². The minimum atomic E-state index is -0.419. The molecule has 42 heavy (non-hydrogen) atoms. The van der Waals surface area contributed by atoms with Crippen molar-refractivity contribution in [3.05, 3.63) is 86.9 Å². The Bertz CT molecular complexity index is 1470. The molecule has 2 fully saturated rings. The molecule has 0 aromatic heterocycles. The number of piperazine rings is 1. The number of benzene rings is 3. The lowest BCUT2D eigenvalue weighted by Gasteiger charge is -2.36. The van der Waals surface area contributed by atoms with E-state index in [-0.39, 0.29) is 17.2 Å². The summed E-state index contributed by atoms with van der Waals surface area (Å²) in [7, 11) is 1.53. The van der Waals surface area contributed by atoms with Crippen LogP contribution in [0.1, 0.15) is 40.5 Å². The molecule has 2 heterocycles. The Morgan fingerprint density at radius 3 is 2.26 bits per heavy atom. The van der Waals surface area contributed by atoms with Crippen LogP contribution < -0.4 is 19.9 Å². The van der Waals surface area contributed by atoms with Crippen molar-refractivity contribution in [1.29, 1.82) is 0 Å². The van der Waals surface area contributed by atoms with Crippen molar-refractivity contribution in [2.45, 2.75) is 19.8 Å². The van der Waals surface area contributed by atoms with Crippen LogP contribution in [0.5, 0.6) is 5.75 Å². The lowest BCUT2D eigenvalue weighted by Crippen LogP contribution is -2.48. The molecule has 0 spiro atoms. The molecule has 5 rings (SSSR count). The molecule has 0 saturated carbocycles. The number of hydrogen-bond donors (Lipinski definition) is 1. The topological polar surface area (TPSA) is 108 Å². The Morgan fingerprint density at radius 1 is 0.929 bits per heavy atom.